The molecule has 4 aromatic heterocycles. The molecule has 0 aliphatic heterocycles. The fourth-order valence-electron chi connectivity index (χ4n) is 12.5. The molecule has 12 aromatic carbocycles. The average molecular weight is 1790 g/mol. The van der Waals surface area contributed by atoms with Gasteiger partial charge in [0.1, 0.15) is 23.3 Å². The second kappa shape index (κ2) is 39.9. The van der Waals surface area contributed by atoms with Crippen LogP contribution in [-0.4, -0.2) is 81.5 Å². The van der Waals surface area contributed by atoms with Crippen molar-refractivity contribution >= 4 is 43.1 Å². The van der Waals surface area contributed by atoms with Gasteiger partial charge in [-0.1, -0.05) is 289 Å². The van der Waals surface area contributed by atoms with Gasteiger partial charge in [-0.25, -0.2) is 0 Å². The van der Waals surface area contributed by atoms with Crippen molar-refractivity contribution in [3.05, 3.63) is 314 Å². The minimum absolute atomic E-state index is 0. The Morgan fingerprint density at radius 1 is 0.269 bits per heavy atom. The Morgan fingerprint density at radius 2 is 0.500 bits per heavy atom. The molecule has 0 aliphatic carbocycles. The molecule has 4 heterocycles. The Kier molecular flexibility index (Phi) is 31.3. The maximum absolute atomic E-state index is 8.56. The molecule has 2 N–H and O–H groups in total. The van der Waals surface area contributed by atoms with E-state index in [0.29, 0.717) is 24.2 Å². The number of nitrogens with zero attached hydrogens (tertiary/aromatic N) is 12. The van der Waals surface area contributed by atoms with Crippen molar-refractivity contribution in [2.75, 3.05) is 0 Å². The molecule has 2 radical (unpaired) electrons. The van der Waals surface area contributed by atoms with E-state index >= 15 is 0 Å². The van der Waals surface area contributed by atoms with Gasteiger partial charge in [-0.2, -0.15) is 5.10 Å². The van der Waals surface area contributed by atoms with Gasteiger partial charge in [-0.15, -0.1) is 64.8 Å². The van der Waals surface area contributed by atoms with E-state index in [-0.39, 0.29) is 80.6 Å². The normalized spacial score (nSPS) is 11.3. The van der Waals surface area contributed by atoms with Gasteiger partial charge >= 0.3 is 0 Å². The summed E-state index contributed by atoms with van der Waals surface area (Å²) < 4.78 is 8.61. The Morgan fingerprint density at radius 3 is 0.759 bits per heavy atom. The van der Waals surface area contributed by atoms with Crippen LogP contribution in [0.3, 0.4) is 0 Å². The van der Waals surface area contributed by atoms with E-state index in [1.807, 2.05) is 91.0 Å². The summed E-state index contributed by atoms with van der Waals surface area (Å²) in [5.41, 5.74) is 8.55. The van der Waals surface area contributed by atoms with E-state index in [4.69, 9.17) is 10.2 Å². The molecule has 0 bridgehead atoms. The molecule has 16 aromatic rings. The topological polar surface area (TPSA) is 163 Å². The third-order valence-corrected chi connectivity index (χ3v) is 17.5. The maximum atomic E-state index is 8.56. The Hall–Kier alpha value is -10.5. The number of hydrogen-bond acceptors (Lipinski definition) is 10. The van der Waals surface area contributed by atoms with E-state index in [1.165, 1.54) is 43.1 Å². The molecule has 14 nitrogen and oxygen atoms in total. The van der Waals surface area contributed by atoms with Gasteiger partial charge in [0.2, 0.25) is 0 Å². The predicted octanol–water partition coefficient (Wildman–Crippen LogP) is 22.7. The van der Waals surface area contributed by atoms with Crippen LogP contribution in [0.25, 0.3) is 111 Å². The van der Waals surface area contributed by atoms with Crippen LogP contribution >= 0.6 is 0 Å². The van der Waals surface area contributed by atoms with E-state index in [2.05, 4.69) is 315 Å². The van der Waals surface area contributed by atoms with Crippen molar-refractivity contribution in [2.24, 2.45) is 0 Å². The smallest absolute Gasteiger partial charge is 0.168 e. The molecule has 0 amide bonds. The van der Waals surface area contributed by atoms with Crippen molar-refractivity contribution in [2.45, 2.75) is 134 Å². The van der Waals surface area contributed by atoms with E-state index in [9.17, 15) is 0 Å². The van der Waals surface area contributed by atoms with Crippen LogP contribution in [0, 0.1) is 6.07 Å². The summed E-state index contributed by atoms with van der Waals surface area (Å²) >= 11 is 0. The van der Waals surface area contributed by atoms with Gasteiger partial charge < -0.3 is 14.8 Å². The van der Waals surface area contributed by atoms with Crippen LogP contribution in [-0.2, 0) is 40.2 Å². The Balaban J connectivity index is 0.000000192. The van der Waals surface area contributed by atoms with E-state index < -0.39 is 0 Å². The minimum Gasteiger partial charge on any atom is -0.393 e. The first-order valence-corrected chi connectivity index (χ1v) is 35.4. The minimum atomic E-state index is -0.375. The summed E-state index contributed by atoms with van der Waals surface area (Å²) in [6.45, 7) is 20.5. The number of hydrogen-bond donors (Lipinski definition) is 2. The van der Waals surface area contributed by atoms with Crippen LogP contribution in [0.2, 0.25) is 0 Å². The van der Waals surface area contributed by atoms with Crippen LogP contribution in [0.4, 0.5) is 0 Å². The average Bonchev–Trinajstić information content (AvgIpc) is 1.68. The first-order chi connectivity index (χ1) is 50.1. The molecule has 558 valence electrons. The van der Waals surface area contributed by atoms with E-state index in [0.717, 1.165) is 91.6 Å². The van der Waals surface area contributed by atoms with Crippen molar-refractivity contribution in [1.29, 1.82) is 0 Å². The molecule has 0 aliphatic rings. The summed E-state index contributed by atoms with van der Waals surface area (Å²) in [5, 5.41) is 62.6. The molecule has 108 heavy (non-hydrogen) atoms. The van der Waals surface area contributed by atoms with Crippen molar-refractivity contribution < 1.29 is 50.4 Å². The number of aliphatic hydroxyl groups excluding tert-OH is 2. The van der Waals surface area contributed by atoms with E-state index in [1.54, 1.807) is 13.8 Å². The predicted molar refractivity (Wildman–Crippen MR) is 441 cm³/mol. The fraction of sp³-hybridized carbons (Fsp3) is 0.217. The number of fused-ring (bicyclic) bond motifs is 4. The van der Waals surface area contributed by atoms with Crippen molar-refractivity contribution in [3.8, 4) is 68.3 Å². The van der Waals surface area contributed by atoms with Crippen LogP contribution in [0.5, 0.6) is 0 Å². The zero-order chi connectivity index (χ0) is 71.9. The third-order valence-electron chi connectivity index (χ3n) is 17.5. The second-order valence-corrected chi connectivity index (χ2v) is 26.9. The summed E-state index contributed by atoms with van der Waals surface area (Å²) in [5.74, 6) is 8.55. The Labute approximate surface area is 664 Å². The first kappa shape index (κ1) is 84.7. The van der Waals surface area contributed by atoms with Gasteiger partial charge in [0.15, 0.2) is 17.5 Å². The van der Waals surface area contributed by atoms with Crippen molar-refractivity contribution in [1.82, 2.24) is 59.1 Å². The molecule has 16 heteroatoms. The number of rotatable bonds is 14. The molecular weight excluding hydrogens is 1690 g/mol. The standard InChI is InChI=1S/3C21H19N3.C21H18N3.C5H12O2.3CH4.2Ir/c4*1-15(2)20-22-23-21(24(20)19-10-4-3-5-11-19)18-13-12-16-8-6-7-9-17(16)14-18;1-4(6)3-5(2)7;;;;;/h3*3-15H,1-2H3;3-12,14-15H,1-2H3;4-7H,3H2,1-2H3;3*1H4;;/q;;;-1;;;;;;. The van der Waals surface area contributed by atoms with Gasteiger partial charge in [-0.3, -0.25) is 13.7 Å². The quantitative estimate of drug-likeness (QED) is 0.100. The van der Waals surface area contributed by atoms with Crippen LogP contribution in [0.15, 0.2) is 285 Å². The van der Waals surface area contributed by atoms with Crippen LogP contribution < -0.4 is 0 Å². The summed E-state index contributed by atoms with van der Waals surface area (Å²) in [7, 11) is 0. The van der Waals surface area contributed by atoms with Gasteiger partial charge in [0.05, 0.1) is 18.0 Å². The van der Waals surface area contributed by atoms with Crippen molar-refractivity contribution in [3.63, 3.8) is 0 Å². The number of aliphatic hydroxyl groups is 2. The molecule has 0 fully saturated rings. The molecule has 0 saturated heterocycles. The second-order valence-electron chi connectivity index (χ2n) is 26.9. The maximum Gasteiger partial charge on any atom is 0.168 e. The molecular formula is C92H99Ir2N12O2-. The Bertz CT molecular complexity index is 4760. The molecule has 0 spiro atoms. The molecule has 0 saturated carbocycles. The number of benzene rings is 12. The van der Waals surface area contributed by atoms with Gasteiger partial charge in [0, 0.05) is 103 Å². The number of para-hydroxylation sites is 4. The third kappa shape index (κ3) is 20.2. The zero-order valence-corrected chi connectivity index (χ0v) is 65.5. The SMILES string of the molecule is C.C.C.CC(C)c1nnc(-c2[c-]cc3ccccc3c2)n1-c1ccccc1.CC(C)c1nnc(-c2ccc3ccccc3c2)n1-c1ccccc1.CC(C)c1nnc(-c2ccc3ccccc3c2)n1-c1ccccc1.CC(C)c1nnc(-c2ccc3ccccc3c2)n1-c1ccccc1.CC(O)CC(C)O.[Ir].[Ir]. The molecule has 2 atom stereocenters. The zero-order valence-electron chi connectivity index (χ0n) is 60.7. The molecule has 2 unspecified atom stereocenters. The first-order valence-electron chi connectivity index (χ1n) is 35.4. The summed E-state index contributed by atoms with van der Waals surface area (Å²) in [4.78, 5) is 0. The largest absolute Gasteiger partial charge is 0.393 e. The number of aromatic nitrogens is 12. The molecule has 16 rings (SSSR count). The monoisotopic (exact) mass is 1790 g/mol. The summed E-state index contributed by atoms with van der Waals surface area (Å²) in [6.07, 6.45) is -0.278. The fourth-order valence-corrected chi connectivity index (χ4v) is 12.5. The van der Waals surface area contributed by atoms with Gasteiger partial charge in [0.25, 0.3) is 0 Å². The summed E-state index contributed by atoms with van der Waals surface area (Å²) in [6, 6.07) is 101. The van der Waals surface area contributed by atoms with Gasteiger partial charge in [-0.05, 0) is 119 Å². The van der Waals surface area contributed by atoms with Crippen LogP contribution in [0.1, 0.15) is 145 Å².